The van der Waals surface area contributed by atoms with Crippen LogP contribution >= 0.6 is 27.5 Å². The maximum Gasteiger partial charge on any atom is 0.233 e. The van der Waals surface area contributed by atoms with Crippen molar-refractivity contribution < 1.29 is 4.74 Å². The predicted molar refractivity (Wildman–Crippen MR) is 82.2 cm³/mol. The molecule has 0 fully saturated rings. The summed E-state index contributed by atoms with van der Waals surface area (Å²) in [7, 11) is 0. The van der Waals surface area contributed by atoms with Crippen molar-refractivity contribution in [1.82, 2.24) is 4.98 Å². The minimum atomic E-state index is 0.447. The zero-order chi connectivity index (χ0) is 13.8. The number of ether oxygens (including phenoxy) is 1. The van der Waals surface area contributed by atoms with Crippen LogP contribution in [0.1, 0.15) is 31.7 Å². The number of hydrogen-bond acceptors (Lipinski definition) is 2. The van der Waals surface area contributed by atoms with E-state index in [1.54, 1.807) is 12.3 Å². The highest BCUT2D eigenvalue weighted by atomic mass is 79.9. The molecule has 19 heavy (non-hydrogen) atoms. The maximum atomic E-state index is 5.90. The van der Waals surface area contributed by atoms with Gasteiger partial charge in [0.15, 0.2) is 0 Å². The van der Waals surface area contributed by atoms with Gasteiger partial charge in [-0.3, -0.25) is 0 Å². The van der Waals surface area contributed by atoms with Crippen molar-refractivity contribution in [3.63, 3.8) is 0 Å². The van der Waals surface area contributed by atoms with Gasteiger partial charge in [-0.15, -0.1) is 0 Å². The first-order chi connectivity index (χ1) is 9.11. The van der Waals surface area contributed by atoms with Gasteiger partial charge in [0.25, 0.3) is 0 Å². The lowest BCUT2D eigenvalue weighted by molar-refractivity contribution is 0.449. The van der Waals surface area contributed by atoms with E-state index >= 15 is 0 Å². The minimum Gasteiger partial charge on any atom is -0.438 e. The van der Waals surface area contributed by atoms with Crippen LogP contribution in [-0.4, -0.2) is 4.98 Å². The zero-order valence-electron chi connectivity index (χ0n) is 10.9. The molecule has 1 aromatic heterocycles. The molecule has 1 aromatic carbocycles. The second-order valence-corrected chi connectivity index (χ2v) is 5.68. The molecule has 0 aliphatic rings. The summed E-state index contributed by atoms with van der Waals surface area (Å²) < 4.78 is 6.65. The van der Waals surface area contributed by atoms with E-state index in [1.807, 2.05) is 18.2 Å². The standard InChI is InChI=1S/C15H15BrClNO/c1-3-10(2)12-6-4-5-7-14(12)19-15-13(16)8-11(17)9-18-15/h4-10H,3H2,1-2H3. The molecule has 0 radical (unpaired) electrons. The summed E-state index contributed by atoms with van der Waals surface area (Å²) in [5.41, 5.74) is 1.19. The molecule has 100 valence electrons. The molecule has 1 atom stereocenters. The van der Waals surface area contributed by atoms with Crippen molar-refractivity contribution in [2.45, 2.75) is 26.2 Å². The largest absolute Gasteiger partial charge is 0.438 e. The maximum absolute atomic E-state index is 5.90. The smallest absolute Gasteiger partial charge is 0.233 e. The fourth-order valence-corrected chi connectivity index (χ4v) is 2.50. The number of hydrogen-bond donors (Lipinski definition) is 0. The third kappa shape index (κ3) is 3.48. The van der Waals surface area contributed by atoms with Crippen LogP contribution in [0.3, 0.4) is 0 Å². The Balaban J connectivity index is 2.33. The number of nitrogens with zero attached hydrogens (tertiary/aromatic N) is 1. The molecular weight excluding hydrogens is 326 g/mol. The van der Waals surface area contributed by atoms with Crippen LogP contribution in [0.15, 0.2) is 41.0 Å². The van der Waals surface area contributed by atoms with Crippen LogP contribution in [-0.2, 0) is 0 Å². The van der Waals surface area contributed by atoms with Gasteiger partial charge >= 0.3 is 0 Å². The fraction of sp³-hybridized carbons (Fsp3) is 0.267. The van der Waals surface area contributed by atoms with Gasteiger partial charge in [0.05, 0.1) is 9.50 Å². The van der Waals surface area contributed by atoms with E-state index in [4.69, 9.17) is 16.3 Å². The summed E-state index contributed by atoms with van der Waals surface area (Å²) in [5.74, 6) is 1.81. The molecule has 0 bridgehead atoms. The number of para-hydroxylation sites is 1. The molecule has 2 aromatic rings. The Kier molecular flexibility index (Phi) is 4.83. The predicted octanol–water partition coefficient (Wildman–Crippen LogP) is 5.80. The topological polar surface area (TPSA) is 22.1 Å². The van der Waals surface area contributed by atoms with E-state index in [0.29, 0.717) is 16.8 Å². The summed E-state index contributed by atoms with van der Waals surface area (Å²) in [6.45, 7) is 4.35. The van der Waals surface area contributed by atoms with Crippen LogP contribution in [0.2, 0.25) is 5.02 Å². The molecule has 0 aliphatic heterocycles. The van der Waals surface area contributed by atoms with Gasteiger partial charge in [-0.1, -0.05) is 43.6 Å². The van der Waals surface area contributed by atoms with Crippen molar-refractivity contribution in [1.29, 1.82) is 0 Å². The van der Waals surface area contributed by atoms with E-state index in [-0.39, 0.29) is 0 Å². The van der Waals surface area contributed by atoms with Gasteiger partial charge in [-0.25, -0.2) is 4.98 Å². The Bertz CT molecular complexity index is 574. The molecular formula is C15H15BrClNO. The van der Waals surface area contributed by atoms with Crippen LogP contribution < -0.4 is 4.74 Å². The molecule has 0 spiro atoms. The SMILES string of the molecule is CCC(C)c1ccccc1Oc1ncc(Cl)cc1Br. The van der Waals surface area contributed by atoms with Gasteiger partial charge in [0, 0.05) is 6.20 Å². The lowest BCUT2D eigenvalue weighted by atomic mass is 9.98. The molecule has 0 aliphatic carbocycles. The van der Waals surface area contributed by atoms with Crippen LogP contribution in [0, 0.1) is 0 Å². The fourth-order valence-electron chi connectivity index (χ4n) is 1.78. The minimum absolute atomic E-state index is 0.447. The summed E-state index contributed by atoms with van der Waals surface area (Å²) >= 11 is 9.29. The quantitative estimate of drug-likeness (QED) is 0.701. The molecule has 0 N–H and O–H groups in total. The number of halogens is 2. The van der Waals surface area contributed by atoms with Crippen molar-refractivity contribution in [2.75, 3.05) is 0 Å². The van der Waals surface area contributed by atoms with E-state index in [0.717, 1.165) is 16.6 Å². The van der Waals surface area contributed by atoms with Crippen LogP contribution in [0.25, 0.3) is 0 Å². The summed E-state index contributed by atoms with van der Waals surface area (Å²) in [6.07, 6.45) is 2.64. The first-order valence-electron chi connectivity index (χ1n) is 6.19. The van der Waals surface area contributed by atoms with Gasteiger partial charge < -0.3 is 4.74 Å². The Labute approximate surface area is 126 Å². The van der Waals surface area contributed by atoms with E-state index in [9.17, 15) is 0 Å². The summed E-state index contributed by atoms with van der Waals surface area (Å²) in [6, 6.07) is 9.82. The monoisotopic (exact) mass is 339 g/mol. The average Bonchev–Trinajstić information content (AvgIpc) is 2.41. The number of benzene rings is 1. The van der Waals surface area contributed by atoms with E-state index < -0.39 is 0 Å². The molecule has 2 nitrogen and oxygen atoms in total. The molecule has 0 saturated heterocycles. The number of aromatic nitrogens is 1. The third-order valence-electron chi connectivity index (χ3n) is 3.04. The van der Waals surface area contributed by atoms with Gasteiger partial charge in [0.1, 0.15) is 5.75 Å². The lowest BCUT2D eigenvalue weighted by Gasteiger charge is -2.15. The molecule has 1 unspecified atom stereocenters. The highest BCUT2D eigenvalue weighted by Gasteiger charge is 2.12. The third-order valence-corrected chi connectivity index (χ3v) is 3.82. The van der Waals surface area contributed by atoms with E-state index in [2.05, 4.69) is 40.8 Å². The van der Waals surface area contributed by atoms with Gasteiger partial charge in [0.2, 0.25) is 5.88 Å². The van der Waals surface area contributed by atoms with E-state index in [1.165, 1.54) is 5.56 Å². The van der Waals surface area contributed by atoms with Gasteiger partial charge in [-0.05, 0) is 46.0 Å². The second-order valence-electron chi connectivity index (χ2n) is 4.39. The van der Waals surface area contributed by atoms with Crippen molar-refractivity contribution in [3.8, 4) is 11.6 Å². The highest BCUT2D eigenvalue weighted by Crippen LogP contribution is 2.34. The molecule has 0 amide bonds. The Morgan fingerprint density at radius 3 is 2.79 bits per heavy atom. The molecule has 1 heterocycles. The van der Waals surface area contributed by atoms with Gasteiger partial charge in [-0.2, -0.15) is 0 Å². The second kappa shape index (κ2) is 6.40. The Hall–Kier alpha value is -1.06. The average molecular weight is 341 g/mol. The summed E-state index contributed by atoms with van der Waals surface area (Å²) in [4.78, 5) is 4.20. The molecule has 2 rings (SSSR count). The zero-order valence-corrected chi connectivity index (χ0v) is 13.2. The first kappa shape index (κ1) is 14.4. The van der Waals surface area contributed by atoms with Crippen LogP contribution in [0.5, 0.6) is 11.6 Å². The highest BCUT2D eigenvalue weighted by molar-refractivity contribution is 9.10. The number of rotatable bonds is 4. The first-order valence-corrected chi connectivity index (χ1v) is 7.36. The molecule has 0 saturated carbocycles. The summed E-state index contributed by atoms with van der Waals surface area (Å²) in [5, 5.41) is 0.578. The van der Waals surface area contributed by atoms with Crippen molar-refractivity contribution in [2.24, 2.45) is 0 Å². The number of pyridine rings is 1. The molecule has 4 heteroatoms. The Morgan fingerprint density at radius 1 is 1.37 bits per heavy atom. The van der Waals surface area contributed by atoms with Crippen molar-refractivity contribution in [3.05, 3.63) is 51.6 Å². The van der Waals surface area contributed by atoms with Crippen molar-refractivity contribution >= 4 is 27.5 Å². The van der Waals surface area contributed by atoms with Crippen LogP contribution in [0.4, 0.5) is 0 Å². The Morgan fingerprint density at radius 2 is 2.11 bits per heavy atom. The normalized spacial score (nSPS) is 12.2. The lowest BCUT2D eigenvalue weighted by Crippen LogP contribution is -1.97.